The van der Waals surface area contributed by atoms with Gasteiger partial charge in [0.25, 0.3) is 0 Å². The Morgan fingerprint density at radius 1 is 0.603 bits per heavy atom. The van der Waals surface area contributed by atoms with Gasteiger partial charge in [0.1, 0.15) is 10.0 Å². The molecule has 8 nitrogen and oxygen atoms in total. The number of carbonyl (C=O) groups excluding carboxylic acids is 4. The van der Waals surface area contributed by atoms with E-state index in [1.807, 2.05) is 41.5 Å². The second kappa shape index (κ2) is 17.4. The molecular weight excluding hydrogens is 821 g/mol. The Morgan fingerprint density at radius 3 is 1.22 bits per heavy atom. The molecule has 58 heavy (non-hydrogen) atoms. The molecule has 0 saturated heterocycles. The van der Waals surface area contributed by atoms with Gasteiger partial charge in [0.15, 0.2) is 0 Å². The standard InChI is InChI=1S/C40H52F8N2O6S2/c1-9-17-55-31(51)27-23-15-13-21(35(5,6)11-3)19-25(23)57-29(27)49-33(53)37(41,42)39(45,46)40(47,48)38(43,44)34(54)50-30-28(32(52)56-18-10-2)24-16-14-22(20-26(24)58-30)36(7,8)12-4/h21-22H,9-20H2,1-8H3,(H,49,53)(H,50,54). The molecule has 0 aliphatic heterocycles. The zero-order chi connectivity index (χ0) is 43.8. The minimum absolute atomic E-state index is 0.0346. The summed E-state index contributed by atoms with van der Waals surface area (Å²) in [5.74, 6) is -35.8. The molecule has 2 amide bonds. The van der Waals surface area contributed by atoms with Gasteiger partial charge in [0.2, 0.25) is 0 Å². The largest absolute Gasteiger partial charge is 0.462 e. The minimum Gasteiger partial charge on any atom is -0.462 e. The summed E-state index contributed by atoms with van der Waals surface area (Å²) in [5, 5.41) is 1.49. The van der Waals surface area contributed by atoms with Crippen molar-refractivity contribution in [1.29, 1.82) is 0 Å². The molecule has 0 radical (unpaired) electrons. The van der Waals surface area contributed by atoms with Crippen molar-refractivity contribution in [1.82, 2.24) is 0 Å². The van der Waals surface area contributed by atoms with Gasteiger partial charge in [-0.1, -0.05) is 68.2 Å². The van der Waals surface area contributed by atoms with Crippen molar-refractivity contribution >= 4 is 56.4 Å². The number of ether oxygens (including phenoxy) is 2. The summed E-state index contributed by atoms with van der Waals surface area (Å²) in [5.41, 5.74) is -0.617. The maximum atomic E-state index is 15.4. The zero-order valence-corrected chi connectivity index (χ0v) is 35.6. The number of nitrogens with one attached hydrogen (secondary N) is 2. The smallest absolute Gasteiger partial charge is 0.393 e. The van der Waals surface area contributed by atoms with E-state index in [2.05, 4.69) is 0 Å². The van der Waals surface area contributed by atoms with E-state index >= 15 is 35.1 Å². The van der Waals surface area contributed by atoms with Crippen molar-refractivity contribution in [3.8, 4) is 0 Å². The molecule has 2 N–H and O–H groups in total. The molecule has 2 aromatic rings. The molecule has 0 fully saturated rings. The van der Waals surface area contributed by atoms with Crippen LogP contribution in [0, 0.1) is 22.7 Å². The Balaban J connectivity index is 1.66. The SMILES string of the molecule is CCCOC(=O)c1c(NC(=O)C(F)(F)C(F)(F)C(F)(F)C(F)(F)C(=O)Nc2sc3c(c2C(=O)OCCC)CCC(C(C)(C)CC)C3)sc2c1CCC(C(C)(C)CC)C2. The third kappa shape index (κ3) is 8.65. The van der Waals surface area contributed by atoms with Crippen LogP contribution < -0.4 is 10.6 Å². The van der Waals surface area contributed by atoms with Gasteiger partial charge in [-0.3, -0.25) is 9.59 Å². The van der Waals surface area contributed by atoms with Crippen molar-refractivity contribution in [3.63, 3.8) is 0 Å². The highest BCUT2D eigenvalue weighted by molar-refractivity contribution is 7.17. The van der Waals surface area contributed by atoms with Crippen LogP contribution in [0.15, 0.2) is 0 Å². The van der Waals surface area contributed by atoms with E-state index < -0.39 is 68.6 Å². The summed E-state index contributed by atoms with van der Waals surface area (Å²) in [6, 6.07) is 0. The average Bonchev–Trinajstić information content (AvgIpc) is 3.72. The minimum atomic E-state index is -7.18. The van der Waals surface area contributed by atoms with E-state index in [1.54, 1.807) is 13.8 Å². The number of halogens is 8. The molecule has 0 bridgehead atoms. The number of carbonyl (C=O) groups is 4. The summed E-state index contributed by atoms with van der Waals surface area (Å²) in [6.45, 7) is 15.0. The molecule has 2 atom stereocenters. The Kier molecular flexibility index (Phi) is 14.2. The van der Waals surface area contributed by atoms with Gasteiger partial charge >= 0.3 is 47.4 Å². The first-order chi connectivity index (χ1) is 26.8. The molecule has 0 aromatic carbocycles. The highest BCUT2D eigenvalue weighted by Gasteiger charge is 2.84. The topological polar surface area (TPSA) is 111 Å². The second-order valence-electron chi connectivity index (χ2n) is 16.5. The average molecular weight is 873 g/mol. The van der Waals surface area contributed by atoms with Gasteiger partial charge in [-0.25, -0.2) is 9.59 Å². The molecule has 0 saturated carbocycles. The number of amides is 2. The molecule has 4 rings (SSSR count). The highest BCUT2D eigenvalue weighted by Crippen LogP contribution is 2.54. The molecule has 2 aromatic heterocycles. The van der Waals surface area contributed by atoms with Crippen LogP contribution in [0.4, 0.5) is 45.1 Å². The van der Waals surface area contributed by atoms with Crippen molar-refractivity contribution in [3.05, 3.63) is 32.0 Å². The van der Waals surface area contributed by atoms with Crippen molar-refractivity contribution in [2.45, 2.75) is 143 Å². The van der Waals surface area contributed by atoms with Gasteiger partial charge in [-0.2, -0.15) is 35.1 Å². The fraction of sp³-hybridized carbons (Fsp3) is 0.700. The predicted molar refractivity (Wildman–Crippen MR) is 206 cm³/mol. The maximum Gasteiger partial charge on any atom is 0.393 e. The molecular formula is C40H52F8N2O6S2. The van der Waals surface area contributed by atoms with Gasteiger partial charge in [0.05, 0.1) is 24.3 Å². The van der Waals surface area contributed by atoms with Crippen LogP contribution in [0.2, 0.25) is 0 Å². The van der Waals surface area contributed by atoms with Crippen LogP contribution in [0.5, 0.6) is 0 Å². The first-order valence-corrected chi connectivity index (χ1v) is 21.2. The fourth-order valence-electron chi connectivity index (χ4n) is 7.27. The summed E-state index contributed by atoms with van der Waals surface area (Å²) < 4.78 is 133. The molecule has 2 aliphatic rings. The number of esters is 2. The maximum absolute atomic E-state index is 15.4. The first kappa shape index (κ1) is 47.4. The lowest BCUT2D eigenvalue weighted by atomic mass is 9.69. The van der Waals surface area contributed by atoms with Crippen LogP contribution in [0.25, 0.3) is 0 Å². The predicted octanol–water partition coefficient (Wildman–Crippen LogP) is 11.1. The summed E-state index contributed by atoms with van der Waals surface area (Å²) in [4.78, 5) is 52.9. The van der Waals surface area contributed by atoms with Crippen molar-refractivity contribution in [2.24, 2.45) is 22.7 Å². The number of anilines is 2. The Bertz CT molecular complexity index is 1740. The van der Waals surface area contributed by atoms with Gasteiger partial charge in [-0.15, -0.1) is 22.7 Å². The van der Waals surface area contributed by atoms with Crippen molar-refractivity contribution < 1.29 is 63.8 Å². The van der Waals surface area contributed by atoms with Crippen LogP contribution in [-0.4, -0.2) is 60.7 Å². The lowest BCUT2D eigenvalue weighted by Crippen LogP contribution is -2.67. The van der Waals surface area contributed by atoms with Crippen LogP contribution in [0.1, 0.15) is 136 Å². The second-order valence-corrected chi connectivity index (χ2v) is 18.7. The van der Waals surface area contributed by atoms with E-state index in [4.69, 9.17) is 9.47 Å². The van der Waals surface area contributed by atoms with Gasteiger partial charge in [0, 0.05) is 9.75 Å². The number of hydrogen-bond acceptors (Lipinski definition) is 8. The van der Waals surface area contributed by atoms with Gasteiger partial charge < -0.3 is 20.1 Å². The van der Waals surface area contributed by atoms with E-state index in [1.165, 1.54) is 10.6 Å². The van der Waals surface area contributed by atoms with Crippen LogP contribution in [0.3, 0.4) is 0 Å². The van der Waals surface area contributed by atoms with E-state index in [-0.39, 0.29) is 48.7 Å². The summed E-state index contributed by atoms with van der Waals surface area (Å²) in [7, 11) is 0. The Morgan fingerprint density at radius 2 is 0.931 bits per heavy atom. The summed E-state index contributed by atoms with van der Waals surface area (Å²) >= 11 is 1.21. The molecule has 18 heteroatoms. The quantitative estimate of drug-likeness (QED) is 0.121. The third-order valence-electron chi connectivity index (χ3n) is 12.1. The van der Waals surface area contributed by atoms with Gasteiger partial charge in [-0.05, 0) is 85.2 Å². The normalized spacial score (nSPS) is 17.9. The molecule has 326 valence electrons. The lowest BCUT2D eigenvalue weighted by molar-refractivity contribution is -0.345. The van der Waals surface area contributed by atoms with Crippen molar-refractivity contribution in [2.75, 3.05) is 23.8 Å². The molecule has 2 unspecified atom stereocenters. The van der Waals surface area contributed by atoms with E-state index in [0.717, 1.165) is 12.8 Å². The first-order valence-electron chi connectivity index (χ1n) is 19.5. The van der Waals surface area contributed by atoms with Crippen LogP contribution in [-0.2, 0) is 44.7 Å². The molecule has 2 aliphatic carbocycles. The van der Waals surface area contributed by atoms with Crippen LogP contribution >= 0.6 is 22.7 Å². The molecule has 0 spiro atoms. The highest BCUT2D eigenvalue weighted by atomic mass is 32.1. The Labute approximate surface area is 341 Å². The zero-order valence-electron chi connectivity index (χ0n) is 33.9. The molecule has 2 heterocycles. The Hall–Kier alpha value is -3.28. The number of thiophene rings is 2. The number of alkyl halides is 8. The fourth-order valence-corrected chi connectivity index (χ4v) is 9.89. The van der Waals surface area contributed by atoms with E-state index in [9.17, 15) is 19.2 Å². The number of rotatable bonds is 17. The number of hydrogen-bond donors (Lipinski definition) is 2. The lowest BCUT2D eigenvalue weighted by Gasteiger charge is -2.36. The number of fused-ring (bicyclic) bond motifs is 2. The van der Waals surface area contributed by atoms with E-state index in [0.29, 0.717) is 82.1 Å². The third-order valence-corrected chi connectivity index (χ3v) is 14.4. The summed E-state index contributed by atoms with van der Waals surface area (Å²) in [6.07, 6.45) is 4.35. The monoisotopic (exact) mass is 872 g/mol.